The first-order chi connectivity index (χ1) is 8.10. The summed E-state index contributed by atoms with van der Waals surface area (Å²) < 4.78 is 1.83. The van der Waals surface area contributed by atoms with Gasteiger partial charge in [0.25, 0.3) is 0 Å². The first kappa shape index (κ1) is 13.7. The van der Waals surface area contributed by atoms with Gasteiger partial charge in [0.1, 0.15) is 5.56 Å². The van der Waals surface area contributed by atoms with Crippen LogP contribution in [0.15, 0.2) is 6.20 Å². The fourth-order valence-electron chi connectivity index (χ4n) is 2.00. The molecule has 0 aliphatic carbocycles. The average molecular weight is 238 g/mol. The molecule has 1 atom stereocenters. The summed E-state index contributed by atoms with van der Waals surface area (Å²) in [5, 5.41) is 13.1. The molecule has 1 heterocycles. The van der Waals surface area contributed by atoms with E-state index in [0.29, 0.717) is 11.5 Å². The quantitative estimate of drug-likeness (QED) is 0.794. The number of carboxylic acid groups (broad SMARTS) is 1. The van der Waals surface area contributed by atoms with E-state index in [1.165, 1.54) is 25.5 Å². The van der Waals surface area contributed by atoms with Crippen molar-refractivity contribution in [1.82, 2.24) is 9.78 Å². The highest BCUT2D eigenvalue weighted by Crippen LogP contribution is 2.17. The lowest BCUT2D eigenvalue weighted by molar-refractivity contribution is 0.0696. The van der Waals surface area contributed by atoms with Crippen LogP contribution in [0.4, 0.5) is 0 Å². The van der Waals surface area contributed by atoms with Crippen LogP contribution in [0.25, 0.3) is 0 Å². The Morgan fingerprint density at radius 3 is 2.71 bits per heavy atom. The van der Waals surface area contributed by atoms with Gasteiger partial charge in [-0.3, -0.25) is 4.68 Å². The van der Waals surface area contributed by atoms with Crippen molar-refractivity contribution < 1.29 is 9.90 Å². The summed E-state index contributed by atoms with van der Waals surface area (Å²) in [4.78, 5) is 10.9. The van der Waals surface area contributed by atoms with E-state index in [1.54, 1.807) is 0 Å². The van der Waals surface area contributed by atoms with Crippen LogP contribution >= 0.6 is 0 Å². The second-order valence-corrected chi connectivity index (χ2v) is 4.55. The molecule has 0 radical (unpaired) electrons. The van der Waals surface area contributed by atoms with Gasteiger partial charge >= 0.3 is 5.97 Å². The van der Waals surface area contributed by atoms with Gasteiger partial charge in [0.05, 0.1) is 6.20 Å². The lowest BCUT2D eigenvalue weighted by Crippen LogP contribution is -2.13. The second kappa shape index (κ2) is 6.42. The van der Waals surface area contributed by atoms with Gasteiger partial charge in [-0.15, -0.1) is 0 Å². The highest BCUT2D eigenvalue weighted by atomic mass is 16.4. The zero-order valence-electron chi connectivity index (χ0n) is 10.9. The van der Waals surface area contributed by atoms with Gasteiger partial charge in [-0.05, 0) is 19.3 Å². The number of rotatable bonds is 7. The maximum absolute atomic E-state index is 10.9. The number of carbonyl (C=O) groups is 1. The summed E-state index contributed by atoms with van der Waals surface area (Å²) in [6.45, 7) is 7.02. The van der Waals surface area contributed by atoms with Gasteiger partial charge in [0.2, 0.25) is 0 Å². The second-order valence-electron chi connectivity index (χ2n) is 4.55. The Bertz CT molecular complexity index is 371. The summed E-state index contributed by atoms with van der Waals surface area (Å²) in [5.74, 6) is -0.300. The molecule has 4 nitrogen and oxygen atoms in total. The van der Waals surface area contributed by atoms with Crippen LogP contribution in [0.5, 0.6) is 0 Å². The number of hydrogen-bond donors (Lipinski definition) is 1. The fraction of sp³-hybridized carbons (Fsp3) is 0.692. The number of hydrogen-bond acceptors (Lipinski definition) is 2. The summed E-state index contributed by atoms with van der Waals surface area (Å²) in [5.41, 5.74) is 1.07. The van der Waals surface area contributed by atoms with Gasteiger partial charge in [-0.25, -0.2) is 4.79 Å². The van der Waals surface area contributed by atoms with Crippen molar-refractivity contribution in [2.75, 3.05) is 0 Å². The monoisotopic (exact) mass is 238 g/mol. The Hall–Kier alpha value is -1.32. The average Bonchev–Trinajstić information content (AvgIpc) is 2.66. The third-order valence-corrected chi connectivity index (χ3v) is 3.31. The molecule has 0 fully saturated rings. The molecule has 4 heteroatoms. The Balaban J connectivity index is 2.69. The van der Waals surface area contributed by atoms with Crippen molar-refractivity contribution in [2.24, 2.45) is 5.92 Å². The van der Waals surface area contributed by atoms with E-state index in [1.807, 2.05) is 11.6 Å². The minimum atomic E-state index is -0.893. The summed E-state index contributed by atoms with van der Waals surface area (Å²) in [6.07, 6.45) is 6.18. The van der Waals surface area contributed by atoms with E-state index in [2.05, 4.69) is 18.9 Å². The molecule has 96 valence electrons. The van der Waals surface area contributed by atoms with Gasteiger partial charge in [-0.1, -0.05) is 33.1 Å². The lowest BCUT2D eigenvalue weighted by atomic mass is 9.99. The molecule has 0 bridgehead atoms. The molecule has 0 aliphatic heterocycles. The predicted octanol–water partition coefficient (Wildman–Crippen LogP) is 3.11. The van der Waals surface area contributed by atoms with Crippen LogP contribution in [-0.4, -0.2) is 20.9 Å². The first-order valence-corrected chi connectivity index (χ1v) is 6.35. The molecule has 1 unspecified atom stereocenters. The fourth-order valence-corrected chi connectivity index (χ4v) is 2.00. The normalized spacial score (nSPS) is 12.6. The molecule has 1 aromatic heterocycles. The molecule has 0 aliphatic rings. The molecule has 1 N–H and O–H groups in total. The van der Waals surface area contributed by atoms with E-state index in [-0.39, 0.29) is 0 Å². The van der Waals surface area contributed by atoms with Crippen molar-refractivity contribution in [2.45, 2.75) is 53.0 Å². The minimum Gasteiger partial charge on any atom is -0.478 e. The Morgan fingerprint density at radius 2 is 2.24 bits per heavy atom. The third-order valence-electron chi connectivity index (χ3n) is 3.31. The molecule has 0 spiro atoms. The smallest absolute Gasteiger partial charge is 0.339 e. The molecule has 0 saturated heterocycles. The van der Waals surface area contributed by atoms with Crippen molar-refractivity contribution >= 4 is 5.97 Å². The molecule has 0 amide bonds. The van der Waals surface area contributed by atoms with Gasteiger partial charge < -0.3 is 5.11 Å². The van der Waals surface area contributed by atoms with Crippen LogP contribution in [0.2, 0.25) is 0 Å². The van der Waals surface area contributed by atoms with Crippen LogP contribution in [0.1, 0.15) is 55.6 Å². The number of aromatic carboxylic acids is 1. The molecule has 0 aromatic carbocycles. The van der Waals surface area contributed by atoms with E-state index in [4.69, 9.17) is 5.11 Å². The third kappa shape index (κ3) is 3.58. The first-order valence-electron chi connectivity index (χ1n) is 6.35. The van der Waals surface area contributed by atoms with Gasteiger partial charge in [-0.2, -0.15) is 5.10 Å². The highest BCUT2D eigenvalue weighted by Gasteiger charge is 2.15. The standard InChI is InChI=1S/C13H22N2O2/c1-4-6-7-11(5-2)9-15-10(3)12(8-14-15)13(16)17/h8,11H,4-7,9H2,1-3H3,(H,16,17). The Kier molecular flexibility index (Phi) is 5.19. The topological polar surface area (TPSA) is 55.1 Å². The Morgan fingerprint density at radius 1 is 1.53 bits per heavy atom. The van der Waals surface area contributed by atoms with E-state index >= 15 is 0 Å². The van der Waals surface area contributed by atoms with Crippen molar-refractivity contribution in [3.8, 4) is 0 Å². The molecule has 17 heavy (non-hydrogen) atoms. The predicted molar refractivity (Wildman–Crippen MR) is 67.2 cm³/mol. The maximum Gasteiger partial charge on any atom is 0.339 e. The van der Waals surface area contributed by atoms with Gasteiger partial charge in [0.15, 0.2) is 0 Å². The van der Waals surface area contributed by atoms with Gasteiger partial charge in [0, 0.05) is 12.2 Å². The van der Waals surface area contributed by atoms with Crippen molar-refractivity contribution in [1.29, 1.82) is 0 Å². The van der Waals surface area contributed by atoms with Crippen LogP contribution in [0, 0.1) is 12.8 Å². The van der Waals surface area contributed by atoms with E-state index in [0.717, 1.165) is 18.7 Å². The van der Waals surface area contributed by atoms with Crippen molar-refractivity contribution in [3.63, 3.8) is 0 Å². The number of aromatic nitrogens is 2. The lowest BCUT2D eigenvalue weighted by Gasteiger charge is -2.15. The SMILES string of the molecule is CCCCC(CC)Cn1ncc(C(=O)O)c1C. The highest BCUT2D eigenvalue weighted by molar-refractivity contribution is 5.88. The van der Waals surface area contributed by atoms with Crippen LogP contribution in [0.3, 0.4) is 0 Å². The zero-order chi connectivity index (χ0) is 12.8. The molecule has 0 saturated carbocycles. The maximum atomic E-state index is 10.9. The summed E-state index contributed by atoms with van der Waals surface area (Å²) in [7, 11) is 0. The van der Waals surface area contributed by atoms with Crippen LogP contribution < -0.4 is 0 Å². The summed E-state index contributed by atoms with van der Waals surface area (Å²) in [6, 6.07) is 0. The minimum absolute atomic E-state index is 0.315. The van der Waals surface area contributed by atoms with Crippen LogP contribution in [-0.2, 0) is 6.54 Å². The number of nitrogens with zero attached hydrogens (tertiary/aromatic N) is 2. The van der Waals surface area contributed by atoms with E-state index in [9.17, 15) is 4.79 Å². The van der Waals surface area contributed by atoms with Crippen molar-refractivity contribution in [3.05, 3.63) is 17.5 Å². The largest absolute Gasteiger partial charge is 0.478 e. The molecular weight excluding hydrogens is 216 g/mol. The molecule has 1 rings (SSSR count). The molecule has 1 aromatic rings. The molecular formula is C13H22N2O2. The van der Waals surface area contributed by atoms with E-state index < -0.39 is 5.97 Å². The number of unbranched alkanes of at least 4 members (excludes halogenated alkanes) is 1. The number of carboxylic acids is 1. The summed E-state index contributed by atoms with van der Waals surface area (Å²) >= 11 is 0. The Labute approximate surface area is 103 Å². The zero-order valence-corrected chi connectivity index (χ0v) is 10.9.